The van der Waals surface area contributed by atoms with Gasteiger partial charge < -0.3 is 20.9 Å². The third kappa shape index (κ3) is 4.75. The second kappa shape index (κ2) is 9.31. The lowest BCUT2D eigenvalue weighted by Crippen LogP contribution is -2.48. The quantitative estimate of drug-likeness (QED) is 0.632. The van der Waals surface area contributed by atoms with Crippen LogP contribution in [0.1, 0.15) is 38.5 Å². The molecule has 1 unspecified atom stereocenters. The Bertz CT molecular complexity index is 773. The van der Waals surface area contributed by atoms with Crippen molar-refractivity contribution in [2.24, 2.45) is 11.7 Å². The average Bonchev–Trinajstić information content (AvgIpc) is 2.76. The molecule has 0 aliphatic carbocycles. The maximum absolute atomic E-state index is 14.8. The van der Waals surface area contributed by atoms with Gasteiger partial charge >= 0.3 is 0 Å². The molecule has 0 bridgehead atoms. The van der Waals surface area contributed by atoms with Gasteiger partial charge in [-0.1, -0.05) is 0 Å². The average molecular weight is 418 g/mol. The number of hydrogen-bond acceptors (Lipinski definition) is 6. The van der Waals surface area contributed by atoms with Crippen molar-refractivity contribution in [3.63, 3.8) is 0 Å². The van der Waals surface area contributed by atoms with E-state index < -0.39 is 6.04 Å². The first-order chi connectivity index (χ1) is 14.5. The van der Waals surface area contributed by atoms with Gasteiger partial charge in [0.1, 0.15) is 11.9 Å². The van der Waals surface area contributed by atoms with Crippen LogP contribution in [-0.4, -0.2) is 61.5 Å². The third-order valence-corrected chi connectivity index (χ3v) is 6.83. The summed E-state index contributed by atoms with van der Waals surface area (Å²) in [6.07, 6.45) is 5.18. The Hall–Kier alpha value is -2.19. The van der Waals surface area contributed by atoms with E-state index in [1.165, 1.54) is 18.9 Å². The Balaban J connectivity index is 1.31. The van der Waals surface area contributed by atoms with Crippen molar-refractivity contribution in [1.29, 1.82) is 0 Å². The molecule has 3 fully saturated rings. The van der Waals surface area contributed by atoms with Crippen molar-refractivity contribution < 1.29 is 14.0 Å². The summed E-state index contributed by atoms with van der Waals surface area (Å²) in [6.45, 7) is 4.74. The zero-order valence-corrected chi connectivity index (χ0v) is 17.4. The van der Waals surface area contributed by atoms with E-state index in [-0.39, 0.29) is 17.6 Å². The van der Waals surface area contributed by atoms with E-state index in [2.05, 4.69) is 20.4 Å². The van der Waals surface area contributed by atoms with E-state index in [0.29, 0.717) is 36.2 Å². The smallest absolute Gasteiger partial charge is 0.249 e. The summed E-state index contributed by atoms with van der Waals surface area (Å²) in [5, 5.41) is 5.35. The van der Waals surface area contributed by atoms with Crippen molar-refractivity contribution >= 4 is 23.2 Å². The Labute approximate surface area is 177 Å². The van der Waals surface area contributed by atoms with Crippen molar-refractivity contribution in [3.8, 4) is 0 Å². The van der Waals surface area contributed by atoms with Gasteiger partial charge in [0.25, 0.3) is 0 Å². The van der Waals surface area contributed by atoms with E-state index in [9.17, 15) is 14.0 Å². The lowest BCUT2D eigenvalue weighted by molar-refractivity contribution is -0.133. The number of nitrogens with two attached hydrogens (primary N) is 1. The highest BCUT2D eigenvalue weighted by Crippen LogP contribution is 2.29. The standard InChI is InChI=1S/C22H32FN5O2/c23-18-13-16(25-19-2-4-21(29)26-22(19)30)1-3-20(18)28-11-7-17(8-12-28)27-9-5-15(14-24)6-10-27/h1,3,13,15,17,19,25H,2,4-12,14,24H2,(H,26,29,30). The number of rotatable bonds is 5. The number of imide groups is 1. The number of benzene rings is 1. The van der Waals surface area contributed by atoms with E-state index >= 15 is 0 Å². The fraction of sp³-hybridized carbons (Fsp3) is 0.636. The van der Waals surface area contributed by atoms with Crippen molar-refractivity contribution in [2.45, 2.75) is 50.6 Å². The zero-order valence-electron chi connectivity index (χ0n) is 17.4. The second-order valence-corrected chi connectivity index (χ2v) is 8.75. The maximum atomic E-state index is 14.8. The summed E-state index contributed by atoms with van der Waals surface area (Å²) in [7, 11) is 0. The monoisotopic (exact) mass is 417 g/mol. The fourth-order valence-corrected chi connectivity index (χ4v) is 4.91. The highest BCUT2D eigenvalue weighted by atomic mass is 19.1. The van der Waals surface area contributed by atoms with E-state index in [1.54, 1.807) is 6.07 Å². The third-order valence-electron chi connectivity index (χ3n) is 6.83. The van der Waals surface area contributed by atoms with Crippen LogP contribution in [0.5, 0.6) is 0 Å². The van der Waals surface area contributed by atoms with Gasteiger partial charge in [-0.05, 0) is 75.9 Å². The van der Waals surface area contributed by atoms with Crippen LogP contribution in [0, 0.1) is 11.7 Å². The molecule has 3 heterocycles. The number of anilines is 2. The minimum Gasteiger partial charge on any atom is -0.374 e. The molecule has 1 atom stereocenters. The summed E-state index contributed by atoms with van der Waals surface area (Å²) >= 11 is 0. The van der Waals surface area contributed by atoms with Gasteiger partial charge in [-0.15, -0.1) is 0 Å². The molecule has 2 amide bonds. The number of halogens is 1. The molecule has 1 aromatic rings. The summed E-state index contributed by atoms with van der Waals surface area (Å²) in [4.78, 5) is 27.9. The van der Waals surface area contributed by atoms with Crippen LogP contribution in [-0.2, 0) is 9.59 Å². The Morgan fingerprint density at radius 1 is 1.07 bits per heavy atom. The first-order valence-corrected chi connectivity index (χ1v) is 11.1. The van der Waals surface area contributed by atoms with Crippen LogP contribution < -0.4 is 21.3 Å². The van der Waals surface area contributed by atoms with Gasteiger partial charge in [0, 0.05) is 31.2 Å². The molecular formula is C22H32FN5O2. The normalized spacial score (nSPS) is 24.7. The fourth-order valence-electron chi connectivity index (χ4n) is 4.91. The Kier molecular flexibility index (Phi) is 6.53. The molecule has 3 saturated heterocycles. The molecule has 1 aromatic carbocycles. The molecule has 7 nitrogen and oxygen atoms in total. The SMILES string of the molecule is NCC1CCN(C2CCN(c3ccc(NC4CCC(=O)NC4=O)cc3F)CC2)CC1. The number of nitrogens with zero attached hydrogens (tertiary/aromatic N) is 2. The van der Waals surface area contributed by atoms with E-state index in [4.69, 9.17) is 5.73 Å². The molecule has 4 rings (SSSR count). The minimum atomic E-state index is -0.507. The molecule has 0 spiro atoms. The largest absolute Gasteiger partial charge is 0.374 e. The molecule has 30 heavy (non-hydrogen) atoms. The number of carbonyl (C=O) groups is 2. The molecule has 0 radical (unpaired) electrons. The summed E-state index contributed by atoms with van der Waals surface area (Å²) in [5.74, 6) is -0.225. The van der Waals surface area contributed by atoms with Crippen molar-refractivity contribution in [3.05, 3.63) is 24.0 Å². The highest BCUT2D eigenvalue weighted by molar-refractivity contribution is 6.01. The molecule has 0 aromatic heterocycles. The highest BCUT2D eigenvalue weighted by Gasteiger charge is 2.29. The number of nitrogens with one attached hydrogen (secondary N) is 2. The van der Waals surface area contributed by atoms with Gasteiger partial charge in [0.15, 0.2) is 0 Å². The van der Waals surface area contributed by atoms with E-state index in [1.807, 2.05) is 6.07 Å². The molecule has 0 saturated carbocycles. The molecule has 4 N–H and O–H groups in total. The van der Waals surface area contributed by atoms with Crippen molar-refractivity contribution in [2.75, 3.05) is 42.9 Å². The number of piperidine rings is 3. The molecule has 164 valence electrons. The topological polar surface area (TPSA) is 90.7 Å². The number of hydrogen-bond donors (Lipinski definition) is 3. The van der Waals surface area contributed by atoms with Gasteiger partial charge in [0.05, 0.1) is 5.69 Å². The zero-order chi connectivity index (χ0) is 21.1. The summed E-state index contributed by atoms with van der Waals surface area (Å²) in [6, 6.07) is 5.12. The van der Waals surface area contributed by atoms with Crippen LogP contribution in [0.15, 0.2) is 18.2 Å². The first-order valence-electron chi connectivity index (χ1n) is 11.1. The second-order valence-electron chi connectivity index (χ2n) is 8.75. The molecule has 3 aliphatic heterocycles. The number of amides is 2. The predicted octanol–water partition coefficient (Wildman–Crippen LogP) is 1.68. The van der Waals surface area contributed by atoms with Gasteiger partial charge in [0.2, 0.25) is 11.8 Å². The first kappa shape index (κ1) is 21.1. The van der Waals surface area contributed by atoms with Crippen LogP contribution in [0.25, 0.3) is 0 Å². The predicted molar refractivity (Wildman–Crippen MR) is 115 cm³/mol. The molecular weight excluding hydrogens is 385 g/mol. The Morgan fingerprint density at radius 2 is 1.80 bits per heavy atom. The molecule has 3 aliphatic rings. The maximum Gasteiger partial charge on any atom is 0.249 e. The summed E-state index contributed by atoms with van der Waals surface area (Å²) in [5.41, 5.74) is 6.97. The minimum absolute atomic E-state index is 0.258. The van der Waals surface area contributed by atoms with Crippen LogP contribution >= 0.6 is 0 Å². The van der Waals surface area contributed by atoms with Crippen molar-refractivity contribution in [1.82, 2.24) is 10.2 Å². The lowest BCUT2D eigenvalue weighted by atomic mass is 9.93. The van der Waals surface area contributed by atoms with Crippen LogP contribution in [0.3, 0.4) is 0 Å². The number of likely N-dealkylation sites (tertiary alicyclic amines) is 1. The van der Waals surface area contributed by atoms with Crippen LogP contribution in [0.4, 0.5) is 15.8 Å². The summed E-state index contributed by atoms with van der Waals surface area (Å²) < 4.78 is 14.8. The number of carbonyl (C=O) groups excluding carboxylic acids is 2. The van der Waals surface area contributed by atoms with Gasteiger partial charge in [-0.25, -0.2) is 4.39 Å². The lowest BCUT2D eigenvalue weighted by Gasteiger charge is -2.42. The Morgan fingerprint density at radius 3 is 2.43 bits per heavy atom. The molecule has 8 heteroatoms. The van der Waals surface area contributed by atoms with Gasteiger partial charge in [-0.2, -0.15) is 0 Å². The van der Waals surface area contributed by atoms with Gasteiger partial charge in [-0.3, -0.25) is 14.9 Å². The van der Waals surface area contributed by atoms with E-state index in [0.717, 1.165) is 45.6 Å². The van der Waals surface area contributed by atoms with Crippen LogP contribution in [0.2, 0.25) is 0 Å².